The van der Waals surface area contributed by atoms with Crippen LogP contribution in [0.3, 0.4) is 0 Å². The molecule has 0 amide bonds. The standard InChI is InChI=1S/C8H14N2O4S2/c1-3-6(4-11)10-16(13,14)7-5(2)9-8(12)15-7/h6,10-11H,3-4H2,1-2H3,(H,9,12). The van der Waals surface area contributed by atoms with Crippen LogP contribution in [0.2, 0.25) is 0 Å². The van der Waals surface area contributed by atoms with Gasteiger partial charge in [0.25, 0.3) is 10.0 Å². The van der Waals surface area contributed by atoms with Crippen LogP contribution in [-0.2, 0) is 10.0 Å². The van der Waals surface area contributed by atoms with E-state index in [0.717, 1.165) is 0 Å². The molecule has 0 saturated carbocycles. The van der Waals surface area contributed by atoms with Crippen molar-refractivity contribution in [2.75, 3.05) is 6.61 Å². The number of nitrogens with one attached hydrogen (secondary N) is 2. The summed E-state index contributed by atoms with van der Waals surface area (Å²) in [6, 6.07) is -0.526. The molecule has 0 aromatic carbocycles. The van der Waals surface area contributed by atoms with Crippen molar-refractivity contribution in [1.29, 1.82) is 0 Å². The summed E-state index contributed by atoms with van der Waals surface area (Å²) in [6.07, 6.45) is 0.480. The summed E-state index contributed by atoms with van der Waals surface area (Å²) in [4.78, 5) is 13.0. The van der Waals surface area contributed by atoms with E-state index in [4.69, 9.17) is 5.11 Å². The van der Waals surface area contributed by atoms with Gasteiger partial charge in [-0.1, -0.05) is 18.3 Å². The predicted octanol–water partition coefficient (Wildman–Crippen LogP) is -0.206. The van der Waals surface area contributed by atoms with E-state index < -0.39 is 20.9 Å². The maximum absolute atomic E-state index is 11.8. The molecule has 6 nitrogen and oxygen atoms in total. The smallest absolute Gasteiger partial charge is 0.305 e. The van der Waals surface area contributed by atoms with Crippen LogP contribution in [0.4, 0.5) is 0 Å². The van der Waals surface area contributed by atoms with Crippen molar-refractivity contribution >= 4 is 21.4 Å². The van der Waals surface area contributed by atoms with Gasteiger partial charge in [0.1, 0.15) is 0 Å². The van der Waals surface area contributed by atoms with Crippen LogP contribution in [0.5, 0.6) is 0 Å². The fourth-order valence-corrected chi connectivity index (χ4v) is 3.80. The maximum atomic E-state index is 11.8. The second-order valence-electron chi connectivity index (χ2n) is 3.34. The number of hydrogen-bond acceptors (Lipinski definition) is 5. The van der Waals surface area contributed by atoms with Crippen LogP contribution in [0.1, 0.15) is 19.0 Å². The molecular weight excluding hydrogens is 252 g/mol. The van der Waals surface area contributed by atoms with Crippen LogP contribution in [0.15, 0.2) is 9.00 Å². The molecule has 8 heteroatoms. The number of hydrogen-bond donors (Lipinski definition) is 3. The van der Waals surface area contributed by atoms with E-state index in [1.807, 2.05) is 0 Å². The van der Waals surface area contributed by atoms with Gasteiger partial charge in [-0.25, -0.2) is 13.1 Å². The second kappa shape index (κ2) is 5.09. The first-order valence-corrected chi connectivity index (χ1v) is 7.03. The third-order valence-corrected chi connectivity index (χ3v) is 5.19. The summed E-state index contributed by atoms with van der Waals surface area (Å²) in [6.45, 7) is 3.01. The summed E-state index contributed by atoms with van der Waals surface area (Å²) in [7, 11) is -3.72. The topological polar surface area (TPSA) is 99.3 Å². The molecule has 1 rings (SSSR count). The van der Waals surface area contributed by atoms with Crippen molar-refractivity contribution in [3.63, 3.8) is 0 Å². The van der Waals surface area contributed by atoms with Crippen LogP contribution >= 0.6 is 11.3 Å². The molecule has 0 spiro atoms. The minimum atomic E-state index is -3.72. The summed E-state index contributed by atoms with van der Waals surface area (Å²) in [5.74, 6) is 0. The van der Waals surface area contributed by atoms with Gasteiger partial charge in [-0.3, -0.25) is 4.79 Å². The van der Waals surface area contributed by atoms with E-state index in [2.05, 4.69) is 9.71 Å². The molecule has 0 fully saturated rings. The maximum Gasteiger partial charge on any atom is 0.305 e. The number of aliphatic hydroxyl groups is 1. The predicted molar refractivity (Wildman–Crippen MR) is 61.2 cm³/mol. The molecule has 1 heterocycles. The Morgan fingerprint density at radius 1 is 1.56 bits per heavy atom. The number of aliphatic hydroxyl groups excluding tert-OH is 1. The van der Waals surface area contributed by atoms with Gasteiger partial charge in [0.05, 0.1) is 6.61 Å². The molecule has 1 unspecified atom stereocenters. The number of aromatic nitrogens is 1. The minimum absolute atomic E-state index is 0.0237. The van der Waals surface area contributed by atoms with E-state index in [1.54, 1.807) is 6.92 Å². The molecular formula is C8H14N2O4S2. The van der Waals surface area contributed by atoms with Gasteiger partial charge < -0.3 is 10.1 Å². The first-order chi connectivity index (χ1) is 7.40. The molecule has 16 heavy (non-hydrogen) atoms. The molecule has 92 valence electrons. The van der Waals surface area contributed by atoms with E-state index in [1.165, 1.54) is 6.92 Å². The van der Waals surface area contributed by atoms with E-state index in [0.29, 0.717) is 23.5 Å². The van der Waals surface area contributed by atoms with Crippen molar-refractivity contribution in [1.82, 2.24) is 9.71 Å². The number of aromatic amines is 1. The highest BCUT2D eigenvalue weighted by Crippen LogP contribution is 2.16. The molecule has 0 aliphatic heterocycles. The molecule has 0 radical (unpaired) electrons. The van der Waals surface area contributed by atoms with Crippen molar-refractivity contribution in [3.05, 3.63) is 15.4 Å². The zero-order valence-electron chi connectivity index (χ0n) is 8.98. The Morgan fingerprint density at radius 3 is 2.56 bits per heavy atom. The summed E-state index contributed by atoms with van der Waals surface area (Å²) in [5, 5.41) is 8.92. The van der Waals surface area contributed by atoms with Gasteiger partial charge >= 0.3 is 4.87 Å². The van der Waals surface area contributed by atoms with E-state index >= 15 is 0 Å². The fraction of sp³-hybridized carbons (Fsp3) is 0.625. The minimum Gasteiger partial charge on any atom is -0.395 e. The summed E-state index contributed by atoms with van der Waals surface area (Å²) in [5.41, 5.74) is 0.315. The van der Waals surface area contributed by atoms with Crippen LogP contribution in [0, 0.1) is 6.92 Å². The Balaban J connectivity index is 3.03. The molecule has 0 aliphatic carbocycles. The summed E-state index contributed by atoms with van der Waals surface area (Å²) >= 11 is 0.641. The monoisotopic (exact) mass is 266 g/mol. The van der Waals surface area contributed by atoms with Crippen molar-refractivity contribution in [2.24, 2.45) is 0 Å². The number of rotatable bonds is 5. The van der Waals surface area contributed by atoms with Gasteiger partial charge in [-0.05, 0) is 13.3 Å². The van der Waals surface area contributed by atoms with Crippen LogP contribution in [0.25, 0.3) is 0 Å². The third-order valence-electron chi connectivity index (χ3n) is 2.06. The molecule has 1 aromatic rings. The number of sulfonamides is 1. The first-order valence-electron chi connectivity index (χ1n) is 4.73. The number of thiazole rings is 1. The van der Waals surface area contributed by atoms with Gasteiger partial charge in [0, 0.05) is 11.7 Å². The molecule has 1 aromatic heterocycles. The zero-order chi connectivity index (χ0) is 12.3. The zero-order valence-corrected chi connectivity index (χ0v) is 10.6. The SMILES string of the molecule is CCC(CO)NS(=O)(=O)c1sc(=O)[nH]c1C. The van der Waals surface area contributed by atoms with Crippen molar-refractivity contribution in [3.8, 4) is 0 Å². The van der Waals surface area contributed by atoms with E-state index in [-0.39, 0.29) is 10.8 Å². The highest BCUT2D eigenvalue weighted by atomic mass is 32.2. The Bertz CT molecular complexity index is 498. The Labute approximate surface area is 97.4 Å². The molecule has 1 atom stereocenters. The Kier molecular flexibility index (Phi) is 4.25. The van der Waals surface area contributed by atoms with E-state index in [9.17, 15) is 13.2 Å². The first kappa shape index (κ1) is 13.4. The third kappa shape index (κ3) is 2.91. The van der Waals surface area contributed by atoms with Crippen LogP contribution < -0.4 is 9.60 Å². The quantitative estimate of drug-likeness (QED) is 0.687. The average Bonchev–Trinajstić information content (AvgIpc) is 2.55. The molecule has 3 N–H and O–H groups in total. The fourth-order valence-electron chi connectivity index (χ4n) is 1.17. The number of H-pyrrole nitrogens is 1. The van der Waals surface area contributed by atoms with Gasteiger partial charge in [-0.2, -0.15) is 0 Å². The second-order valence-corrected chi connectivity index (χ2v) is 6.23. The van der Waals surface area contributed by atoms with Crippen molar-refractivity contribution < 1.29 is 13.5 Å². The summed E-state index contributed by atoms with van der Waals surface area (Å²) < 4.78 is 26.0. The molecule has 0 aliphatic rings. The van der Waals surface area contributed by atoms with Gasteiger partial charge in [0.2, 0.25) is 0 Å². The lowest BCUT2D eigenvalue weighted by Crippen LogP contribution is -2.36. The Hall–Kier alpha value is -0.700. The molecule has 0 bridgehead atoms. The average molecular weight is 266 g/mol. The van der Waals surface area contributed by atoms with Crippen LogP contribution in [-0.4, -0.2) is 31.2 Å². The van der Waals surface area contributed by atoms with Gasteiger partial charge in [0.15, 0.2) is 4.21 Å². The lowest BCUT2D eigenvalue weighted by molar-refractivity contribution is 0.254. The lowest BCUT2D eigenvalue weighted by Gasteiger charge is -2.13. The number of aryl methyl sites for hydroxylation is 1. The van der Waals surface area contributed by atoms with Crippen molar-refractivity contribution in [2.45, 2.75) is 30.5 Å². The highest BCUT2D eigenvalue weighted by molar-refractivity contribution is 7.91. The normalized spacial score (nSPS) is 13.9. The lowest BCUT2D eigenvalue weighted by atomic mass is 10.3. The molecule has 0 saturated heterocycles. The largest absolute Gasteiger partial charge is 0.395 e. The van der Waals surface area contributed by atoms with Gasteiger partial charge in [-0.15, -0.1) is 0 Å². The Morgan fingerprint density at radius 2 is 2.19 bits per heavy atom. The highest BCUT2D eigenvalue weighted by Gasteiger charge is 2.23.